The predicted octanol–water partition coefficient (Wildman–Crippen LogP) is 2.93. The van der Waals surface area contributed by atoms with E-state index in [0.29, 0.717) is 4.88 Å². The van der Waals surface area contributed by atoms with Crippen molar-refractivity contribution in [3.05, 3.63) is 52.0 Å². The zero-order valence-corrected chi connectivity index (χ0v) is 16.1. The van der Waals surface area contributed by atoms with Gasteiger partial charge in [0.2, 0.25) is 0 Å². The topological polar surface area (TPSA) is 62.2 Å². The summed E-state index contributed by atoms with van der Waals surface area (Å²) in [5.74, 6) is 0.0529. The first-order valence-electron chi connectivity index (χ1n) is 8.51. The average molecular weight is 386 g/mol. The van der Waals surface area contributed by atoms with Gasteiger partial charge >= 0.3 is 0 Å². The summed E-state index contributed by atoms with van der Waals surface area (Å²) in [6.07, 6.45) is 0. The van der Waals surface area contributed by atoms with Crippen LogP contribution in [0.2, 0.25) is 0 Å². The number of rotatable bonds is 4. The molecule has 3 aromatic rings. The molecule has 1 aromatic carbocycles. The number of carbonyl (C=O) groups is 1. The molecule has 1 fully saturated rings. The molecule has 0 N–H and O–H groups in total. The number of hydrogen-bond donors (Lipinski definition) is 0. The summed E-state index contributed by atoms with van der Waals surface area (Å²) < 4.78 is 3.86. The van der Waals surface area contributed by atoms with Crippen LogP contribution in [-0.4, -0.2) is 56.5 Å². The van der Waals surface area contributed by atoms with Crippen molar-refractivity contribution >= 4 is 28.8 Å². The lowest BCUT2D eigenvalue weighted by Gasteiger charge is -2.34. The van der Waals surface area contributed by atoms with E-state index in [1.807, 2.05) is 30.0 Å². The van der Waals surface area contributed by atoms with Crippen molar-refractivity contribution in [2.75, 3.05) is 26.2 Å². The summed E-state index contributed by atoms with van der Waals surface area (Å²) in [4.78, 5) is 22.2. The van der Waals surface area contributed by atoms with Crippen LogP contribution in [0.1, 0.15) is 21.1 Å². The highest BCUT2D eigenvalue weighted by atomic mass is 32.1. The molecule has 3 heterocycles. The molecule has 0 unspecified atom stereocenters. The molecule has 1 aliphatic heterocycles. The Kier molecular flexibility index (Phi) is 5.05. The van der Waals surface area contributed by atoms with E-state index in [0.717, 1.165) is 54.7 Å². The molecule has 0 spiro atoms. The van der Waals surface area contributed by atoms with Crippen molar-refractivity contribution in [1.82, 2.24) is 24.4 Å². The Labute approximate surface area is 160 Å². The van der Waals surface area contributed by atoms with Gasteiger partial charge in [-0.15, -0.1) is 16.4 Å². The van der Waals surface area contributed by atoms with Crippen LogP contribution < -0.4 is 0 Å². The zero-order valence-electron chi connectivity index (χ0n) is 14.5. The number of thiazole rings is 1. The van der Waals surface area contributed by atoms with E-state index < -0.39 is 0 Å². The summed E-state index contributed by atoms with van der Waals surface area (Å²) in [5.41, 5.74) is 2.97. The Morgan fingerprint density at radius 1 is 1.15 bits per heavy atom. The third-order valence-electron chi connectivity index (χ3n) is 4.46. The van der Waals surface area contributed by atoms with Crippen LogP contribution in [0.25, 0.3) is 10.6 Å². The van der Waals surface area contributed by atoms with Crippen LogP contribution in [-0.2, 0) is 6.54 Å². The number of nitrogens with zero attached hydrogens (tertiary/aromatic N) is 5. The third-order valence-corrected chi connectivity index (χ3v) is 6.22. The van der Waals surface area contributed by atoms with Crippen molar-refractivity contribution in [3.8, 4) is 10.6 Å². The highest BCUT2D eigenvalue weighted by Gasteiger charge is 2.25. The van der Waals surface area contributed by atoms with Gasteiger partial charge in [-0.3, -0.25) is 9.69 Å². The molecule has 0 radical (unpaired) electrons. The van der Waals surface area contributed by atoms with E-state index in [-0.39, 0.29) is 5.91 Å². The number of aromatic nitrogens is 3. The largest absolute Gasteiger partial charge is 0.335 e. The zero-order chi connectivity index (χ0) is 17.9. The van der Waals surface area contributed by atoms with Crippen molar-refractivity contribution in [1.29, 1.82) is 0 Å². The molecule has 0 aliphatic carbocycles. The van der Waals surface area contributed by atoms with Crippen LogP contribution in [0.5, 0.6) is 0 Å². The summed E-state index contributed by atoms with van der Waals surface area (Å²) in [6, 6.07) is 10.3. The van der Waals surface area contributed by atoms with Gasteiger partial charge in [0.15, 0.2) is 0 Å². The second kappa shape index (κ2) is 7.61. The minimum Gasteiger partial charge on any atom is -0.335 e. The van der Waals surface area contributed by atoms with Gasteiger partial charge < -0.3 is 4.90 Å². The quantitative estimate of drug-likeness (QED) is 0.691. The van der Waals surface area contributed by atoms with Crippen LogP contribution in [0.4, 0.5) is 0 Å². The molecule has 1 aliphatic rings. The van der Waals surface area contributed by atoms with E-state index in [9.17, 15) is 4.79 Å². The lowest BCUT2D eigenvalue weighted by Crippen LogP contribution is -2.48. The lowest BCUT2D eigenvalue weighted by atomic mass is 10.2. The Morgan fingerprint density at radius 3 is 2.62 bits per heavy atom. The van der Waals surface area contributed by atoms with Crippen LogP contribution in [0, 0.1) is 6.92 Å². The maximum atomic E-state index is 12.5. The molecule has 2 aromatic heterocycles. The fraction of sp³-hybridized carbons (Fsp3) is 0.333. The average Bonchev–Trinajstić information content (AvgIpc) is 3.32. The summed E-state index contributed by atoms with van der Waals surface area (Å²) in [5, 5.41) is 7.12. The molecule has 6 nitrogen and oxygen atoms in total. The van der Waals surface area contributed by atoms with E-state index in [1.54, 1.807) is 11.3 Å². The molecule has 0 atom stereocenters. The fourth-order valence-corrected chi connectivity index (χ4v) is 4.44. The van der Waals surface area contributed by atoms with Crippen LogP contribution in [0.3, 0.4) is 0 Å². The van der Waals surface area contributed by atoms with Gasteiger partial charge in [-0.1, -0.05) is 34.8 Å². The van der Waals surface area contributed by atoms with Crippen LogP contribution in [0.15, 0.2) is 35.7 Å². The number of hydrogen-bond acceptors (Lipinski definition) is 7. The van der Waals surface area contributed by atoms with E-state index in [4.69, 9.17) is 4.98 Å². The number of carbonyl (C=O) groups excluding carboxylic acids is 1. The maximum absolute atomic E-state index is 12.5. The molecule has 26 heavy (non-hydrogen) atoms. The smallest absolute Gasteiger partial charge is 0.267 e. The summed E-state index contributed by atoms with van der Waals surface area (Å²) in [6.45, 7) is 5.83. The fourth-order valence-electron chi connectivity index (χ4n) is 3.00. The molecule has 0 saturated carbocycles. The maximum Gasteiger partial charge on any atom is 0.267 e. The van der Waals surface area contributed by atoms with Gasteiger partial charge in [-0.2, -0.15) is 0 Å². The van der Waals surface area contributed by atoms with Crippen molar-refractivity contribution < 1.29 is 4.79 Å². The number of benzene rings is 1. The molecule has 4 rings (SSSR count). The van der Waals surface area contributed by atoms with Crippen molar-refractivity contribution in [3.63, 3.8) is 0 Å². The second-order valence-electron chi connectivity index (χ2n) is 6.27. The summed E-state index contributed by atoms with van der Waals surface area (Å²) >= 11 is 2.86. The van der Waals surface area contributed by atoms with Crippen molar-refractivity contribution in [2.24, 2.45) is 0 Å². The highest BCUT2D eigenvalue weighted by Crippen LogP contribution is 2.24. The normalized spacial score (nSPS) is 15.3. The minimum atomic E-state index is 0.0529. The summed E-state index contributed by atoms with van der Waals surface area (Å²) in [7, 11) is 0. The first kappa shape index (κ1) is 17.3. The Hall–Kier alpha value is -2.16. The molecule has 8 heteroatoms. The monoisotopic (exact) mass is 385 g/mol. The van der Waals surface area contributed by atoms with Gasteiger partial charge in [0.05, 0.1) is 11.4 Å². The standard InChI is InChI=1S/C18H19N5OS2/c1-13-16(26-21-20-13)18(24)23-9-7-22(8-10-23)11-15-12-25-17(19-15)14-5-3-2-4-6-14/h2-6,12H,7-11H2,1H3. The van der Waals surface area contributed by atoms with Crippen LogP contribution >= 0.6 is 22.9 Å². The first-order chi connectivity index (χ1) is 12.7. The first-order valence-corrected chi connectivity index (χ1v) is 10.2. The Balaban J connectivity index is 1.34. The number of piperazine rings is 1. The molecule has 0 bridgehead atoms. The van der Waals surface area contributed by atoms with E-state index in [2.05, 4.69) is 32.0 Å². The Morgan fingerprint density at radius 2 is 1.92 bits per heavy atom. The molecule has 1 amide bonds. The van der Waals surface area contributed by atoms with Gasteiger partial charge in [-0.25, -0.2) is 4.98 Å². The van der Waals surface area contributed by atoms with Crippen molar-refractivity contribution in [2.45, 2.75) is 13.5 Å². The SMILES string of the molecule is Cc1nnsc1C(=O)N1CCN(Cc2csc(-c3ccccc3)n2)CC1. The molecular weight excluding hydrogens is 366 g/mol. The minimum absolute atomic E-state index is 0.0529. The van der Waals surface area contributed by atoms with E-state index in [1.165, 1.54) is 11.5 Å². The van der Waals surface area contributed by atoms with Gasteiger partial charge in [0.1, 0.15) is 9.88 Å². The molecular formula is C18H19N5OS2. The highest BCUT2D eigenvalue weighted by molar-refractivity contribution is 7.13. The lowest BCUT2D eigenvalue weighted by molar-refractivity contribution is 0.0631. The van der Waals surface area contributed by atoms with E-state index >= 15 is 0 Å². The number of aryl methyl sites for hydroxylation is 1. The van der Waals surface area contributed by atoms with Gasteiger partial charge in [-0.05, 0) is 18.5 Å². The van der Waals surface area contributed by atoms with Gasteiger partial charge in [0.25, 0.3) is 5.91 Å². The second-order valence-corrected chi connectivity index (χ2v) is 7.88. The number of amides is 1. The molecule has 1 saturated heterocycles. The molecule has 134 valence electrons. The Bertz CT molecular complexity index is 884. The predicted molar refractivity (Wildman–Crippen MR) is 103 cm³/mol. The third kappa shape index (κ3) is 3.67. The van der Waals surface area contributed by atoms with Gasteiger partial charge in [0, 0.05) is 43.7 Å².